The molecule has 3 aromatic rings. The molecule has 2 heterocycles. The number of aliphatic hydroxyl groups excluding tert-OH is 1. The van der Waals surface area contributed by atoms with Crippen LogP contribution in [0, 0.1) is 31.6 Å². The maximum absolute atomic E-state index is 12.6. The fourth-order valence-electron chi connectivity index (χ4n) is 5.90. The van der Waals surface area contributed by atoms with Gasteiger partial charge >= 0.3 is 5.97 Å². The topological polar surface area (TPSA) is 103 Å². The number of piperidine rings is 1. The monoisotopic (exact) mass is 549 g/mol. The van der Waals surface area contributed by atoms with E-state index in [9.17, 15) is 14.7 Å². The van der Waals surface area contributed by atoms with Crippen LogP contribution in [0.1, 0.15) is 39.9 Å². The number of carbonyl (C=O) groups excluding carboxylic acids is 1. The summed E-state index contributed by atoms with van der Waals surface area (Å²) in [7, 11) is 1.68. The third-order valence-electron chi connectivity index (χ3n) is 8.05. The van der Waals surface area contributed by atoms with Crippen LogP contribution in [0.25, 0.3) is 11.3 Å². The molecule has 39 heavy (non-hydrogen) atoms. The molecule has 2 aromatic carbocycles. The highest BCUT2D eigenvalue weighted by molar-refractivity contribution is 7.14. The van der Waals surface area contributed by atoms with Crippen LogP contribution in [-0.4, -0.2) is 65.3 Å². The molecule has 3 atom stereocenters. The minimum Gasteiger partial charge on any atom is -0.488 e. The molecule has 1 unspecified atom stereocenters. The van der Waals surface area contributed by atoms with Crippen LogP contribution < -0.4 is 9.64 Å². The van der Waals surface area contributed by atoms with E-state index in [1.165, 1.54) is 4.90 Å². The summed E-state index contributed by atoms with van der Waals surface area (Å²) in [5.41, 5.74) is 5.42. The highest BCUT2D eigenvalue weighted by Gasteiger charge is 2.46. The lowest BCUT2D eigenvalue weighted by molar-refractivity contribution is -0.144. The Hall–Kier alpha value is -3.43. The van der Waals surface area contributed by atoms with Crippen molar-refractivity contribution in [1.29, 1.82) is 0 Å². The van der Waals surface area contributed by atoms with E-state index in [-0.39, 0.29) is 30.3 Å². The first-order valence-electron chi connectivity index (χ1n) is 13.4. The summed E-state index contributed by atoms with van der Waals surface area (Å²) in [5.74, 6) is 0.103. The molecule has 0 spiro atoms. The summed E-state index contributed by atoms with van der Waals surface area (Å²) in [5, 5.41) is 21.7. The Bertz CT molecular complexity index is 1360. The summed E-state index contributed by atoms with van der Waals surface area (Å²) in [6.07, 6.45) is 1.94. The van der Waals surface area contributed by atoms with Crippen molar-refractivity contribution < 1.29 is 24.5 Å². The van der Waals surface area contributed by atoms with Gasteiger partial charge in [0, 0.05) is 43.2 Å². The van der Waals surface area contributed by atoms with Crippen LogP contribution in [0.2, 0.25) is 0 Å². The first-order chi connectivity index (χ1) is 18.7. The van der Waals surface area contributed by atoms with Crippen LogP contribution in [-0.2, 0) is 11.4 Å². The van der Waals surface area contributed by atoms with E-state index >= 15 is 0 Å². The molecule has 2 N–H and O–H groups in total. The minimum atomic E-state index is -0.658. The molecule has 2 fully saturated rings. The third-order valence-corrected chi connectivity index (χ3v) is 8.95. The number of thiazole rings is 1. The summed E-state index contributed by atoms with van der Waals surface area (Å²) in [6.45, 7) is 6.06. The van der Waals surface area contributed by atoms with Crippen molar-refractivity contribution in [1.82, 2.24) is 9.88 Å². The molecular weight excluding hydrogens is 514 g/mol. The zero-order chi connectivity index (χ0) is 27.7. The lowest BCUT2D eigenvalue weighted by Gasteiger charge is -2.35. The maximum Gasteiger partial charge on any atom is 0.307 e. The fourth-order valence-corrected chi connectivity index (χ4v) is 6.75. The Labute approximate surface area is 232 Å². The van der Waals surface area contributed by atoms with Crippen molar-refractivity contribution in [3.8, 4) is 17.0 Å². The molecule has 2 bridgehead atoms. The number of aliphatic hydroxyl groups is 1. The highest BCUT2D eigenvalue weighted by Crippen LogP contribution is 2.44. The number of anilines is 1. The molecule has 0 radical (unpaired) electrons. The Morgan fingerprint density at radius 2 is 1.87 bits per heavy atom. The number of fused-ring (bicyclic) bond motifs is 2. The minimum absolute atomic E-state index is 0.0727. The molecule has 1 aliphatic carbocycles. The second-order valence-electron chi connectivity index (χ2n) is 10.8. The highest BCUT2D eigenvalue weighted by atomic mass is 32.1. The van der Waals surface area contributed by atoms with Gasteiger partial charge in [-0.2, -0.15) is 0 Å². The van der Waals surface area contributed by atoms with E-state index in [4.69, 9.17) is 14.8 Å². The molecule has 1 amide bonds. The molecular formula is C30H35N3O5S. The van der Waals surface area contributed by atoms with Gasteiger partial charge in [-0.25, -0.2) is 4.98 Å². The predicted octanol–water partition coefficient (Wildman–Crippen LogP) is 4.62. The first kappa shape index (κ1) is 27.1. The van der Waals surface area contributed by atoms with Gasteiger partial charge in [-0.3, -0.25) is 9.59 Å². The summed E-state index contributed by atoms with van der Waals surface area (Å²) < 4.78 is 6.30. The van der Waals surface area contributed by atoms with Crippen molar-refractivity contribution in [2.24, 2.45) is 17.8 Å². The Morgan fingerprint density at radius 3 is 2.54 bits per heavy atom. The molecule has 9 heteroatoms. The number of ether oxygens (including phenoxy) is 1. The molecule has 1 aliphatic heterocycles. The van der Waals surface area contributed by atoms with Gasteiger partial charge < -0.3 is 24.7 Å². The number of nitrogens with zero attached hydrogens (tertiary/aromatic N) is 3. The van der Waals surface area contributed by atoms with Gasteiger partial charge in [0.25, 0.3) is 5.91 Å². The van der Waals surface area contributed by atoms with Gasteiger partial charge in [0.1, 0.15) is 12.4 Å². The van der Waals surface area contributed by atoms with Crippen molar-refractivity contribution in [3.63, 3.8) is 0 Å². The summed E-state index contributed by atoms with van der Waals surface area (Å²) in [4.78, 5) is 33.0. The fraction of sp³-hybridized carbons (Fsp3) is 0.433. The number of aromatic nitrogens is 1. The molecule has 1 saturated heterocycles. The molecule has 1 aromatic heterocycles. The molecule has 8 nitrogen and oxygen atoms in total. The quantitative estimate of drug-likeness (QED) is 0.402. The van der Waals surface area contributed by atoms with Crippen LogP contribution in [0.15, 0.2) is 41.8 Å². The first-order valence-corrected chi connectivity index (χ1v) is 14.3. The van der Waals surface area contributed by atoms with E-state index in [1.807, 2.05) is 38.1 Å². The number of aryl methyl sites for hydroxylation is 2. The number of aliphatic carboxylic acids is 1. The third kappa shape index (κ3) is 5.65. The van der Waals surface area contributed by atoms with E-state index in [2.05, 4.69) is 16.3 Å². The van der Waals surface area contributed by atoms with Gasteiger partial charge in [0.15, 0.2) is 5.13 Å². The van der Waals surface area contributed by atoms with Crippen LogP contribution in [0.4, 0.5) is 5.13 Å². The molecule has 5 rings (SSSR count). The number of hydrogen-bond donors (Lipinski definition) is 2. The number of hydrogen-bond acceptors (Lipinski definition) is 7. The zero-order valence-electron chi connectivity index (χ0n) is 22.6. The van der Waals surface area contributed by atoms with Crippen molar-refractivity contribution >= 4 is 28.3 Å². The number of carboxylic acid groups (broad SMARTS) is 1. The molecule has 1 saturated carbocycles. The second kappa shape index (κ2) is 11.4. The van der Waals surface area contributed by atoms with E-state index < -0.39 is 5.97 Å². The Balaban J connectivity index is 1.31. The van der Waals surface area contributed by atoms with Gasteiger partial charge in [-0.1, -0.05) is 17.7 Å². The summed E-state index contributed by atoms with van der Waals surface area (Å²) >= 11 is 1.59. The van der Waals surface area contributed by atoms with E-state index in [1.54, 1.807) is 24.5 Å². The lowest BCUT2D eigenvalue weighted by atomic mass is 9.85. The second-order valence-corrected chi connectivity index (χ2v) is 11.6. The van der Waals surface area contributed by atoms with E-state index in [0.29, 0.717) is 18.7 Å². The number of likely N-dealkylation sites (N-methyl/N-ethyl adjacent to an activating group) is 1. The molecule has 2 aliphatic rings. The average Bonchev–Trinajstić information content (AvgIpc) is 3.51. The number of carbonyl (C=O) groups is 2. The van der Waals surface area contributed by atoms with Gasteiger partial charge in [-0.15, -0.1) is 11.3 Å². The van der Waals surface area contributed by atoms with Crippen molar-refractivity contribution in [2.45, 2.75) is 33.3 Å². The summed E-state index contributed by atoms with van der Waals surface area (Å²) in [6, 6.07) is 11.6. The number of carboxylic acids is 1. The van der Waals surface area contributed by atoms with Crippen molar-refractivity contribution in [2.75, 3.05) is 38.2 Å². The lowest BCUT2D eigenvalue weighted by Crippen LogP contribution is -2.44. The number of benzene rings is 2. The normalized spacial score (nSPS) is 20.2. The van der Waals surface area contributed by atoms with Gasteiger partial charge in [-0.05, 0) is 73.9 Å². The van der Waals surface area contributed by atoms with Gasteiger partial charge in [0.2, 0.25) is 0 Å². The Morgan fingerprint density at radius 1 is 1.13 bits per heavy atom. The number of rotatable bonds is 9. The van der Waals surface area contributed by atoms with Crippen LogP contribution in [0.3, 0.4) is 0 Å². The average molecular weight is 550 g/mol. The van der Waals surface area contributed by atoms with Crippen LogP contribution in [0.5, 0.6) is 5.75 Å². The van der Waals surface area contributed by atoms with Crippen molar-refractivity contribution in [3.05, 3.63) is 64.0 Å². The Kier molecular flexibility index (Phi) is 7.91. The number of amides is 1. The SMILES string of the molecule is Cc1ccc(OCc2ccc(C(=O)N(C)CCO)cc2C)c(-c2csc(N3C[C@H]4CC[C@@H](C3)C4C(=O)O)n2)c1. The van der Waals surface area contributed by atoms with E-state index in [0.717, 1.165) is 64.8 Å². The van der Waals surface area contributed by atoms with Crippen LogP contribution >= 0.6 is 11.3 Å². The standard InChI is InChI=1S/C30H35N3O5S/c1-18-4-9-26(38-16-23-8-5-20(13-19(23)2)28(35)32(3)10-11-34)24(12-18)25-17-39-30(31-25)33-14-21-6-7-22(15-33)27(21)29(36)37/h4-5,8-9,12-13,17,21-22,27,34H,6-7,10-11,14-16H2,1-3H3,(H,36,37)/t21-,22+,27?. The largest absolute Gasteiger partial charge is 0.488 e. The zero-order valence-corrected chi connectivity index (χ0v) is 23.4. The molecule has 206 valence electrons. The van der Waals surface area contributed by atoms with Gasteiger partial charge in [0.05, 0.1) is 18.2 Å². The smallest absolute Gasteiger partial charge is 0.307 e. The predicted molar refractivity (Wildman–Crippen MR) is 151 cm³/mol. The maximum atomic E-state index is 12.6.